The third-order valence-corrected chi connectivity index (χ3v) is 8.85. The van der Waals surface area contributed by atoms with E-state index in [9.17, 15) is 4.79 Å². The number of fused-ring (bicyclic) bond motifs is 1. The number of hydrogen-bond acceptors (Lipinski definition) is 4. The number of thiazole rings is 1. The molecule has 5 atom stereocenters. The number of benzene rings is 2. The Hall–Kier alpha value is -3.51. The summed E-state index contributed by atoms with van der Waals surface area (Å²) in [6, 6.07) is 17.0. The fourth-order valence-electron chi connectivity index (χ4n) is 5.79. The van der Waals surface area contributed by atoms with Gasteiger partial charge in [0.15, 0.2) is 11.8 Å². The molecule has 5 unspecified atom stereocenters. The molecule has 0 radical (unpaired) electrons. The number of nitrogens with one attached hydrogen (secondary N) is 2. The Bertz CT molecular complexity index is 1310. The smallest absolute Gasteiger partial charge is 0.232 e. The van der Waals surface area contributed by atoms with Crippen molar-refractivity contribution in [3.8, 4) is 11.3 Å². The molecule has 2 aliphatic carbocycles. The molecule has 3 N–H and O–H groups in total. The van der Waals surface area contributed by atoms with Gasteiger partial charge in [0.2, 0.25) is 5.91 Å². The maximum atomic E-state index is 13.8. The normalized spacial score (nSPS) is 24.8. The van der Waals surface area contributed by atoms with Gasteiger partial charge in [-0.1, -0.05) is 111 Å². The number of amides is 1. The number of carbonyl (C=O) groups excluding carboxylic acids is 1. The summed E-state index contributed by atoms with van der Waals surface area (Å²) in [6.07, 6.45) is 9.80. The van der Waals surface area contributed by atoms with Crippen LogP contribution in [0.1, 0.15) is 56.7 Å². The molecule has 2 aromatic carbocycles. The summed E-state index contributed by atoms with van der Waals surface area (Å²) in [4.78, 5) is 18.6. The van der Waals surface area contributed by atoms with Crippen molar-refractivity contribution >= 4 is 29.1 Å². The van der Waals surface area contributed by atoms with E-state index in [0.717, 1.165) is 17.7 Å². The lowest BCUT2D eigenvalue weighted by atomic mass is 9.53. The topological polar surface area (TPSA) is 76.2 Å². The van der Waals surface area contributed by atoms with Gasteiger partial charge in [0.05, 0.1) is 11.1 Å². The minimum Gasteiger partial charge on any atom is -0.301 e. The van der Waals surface area contributed by atoms with E-state index in [-0.39, 0.29) is 11.8 Å². The SMILES string of the molecule is C=[NH+]O.CC.Cc1ccc(-c2csc(NC(=O)C3(C)CC(c4ccccc4C)C4C=CC=CC4C3C)n2)cc1. The van der Waals surface area contributed by atoms with Gasteiger partial charge in [-0.15, -0.1) is 11.3 Å². The van der Waals surface area contributed by atoms with E-state index in [4.69, 9.17) is 10.2 Å². The van der Waals surface area contributed by atoms with E-state index in [1.165, 1.54) is 33.2 Å². The highest BCUT2D eigenvalue weighted by atomic mass is 32.1. The Morgan fingerprint density at radius 2 is 1.69 bits per heavy atom. The van der Waals surface area contributed by atoms with Crippen LogP contribution in [0, 0.1) is 37.0 Å². The van der Waals surface area contributed by atoms with Crippen LogP contribution in [0.15, 0.2) is 78.2 Å². The number of nitrogens with zero attached hydrogens (tertiary/aromatic N) is 1. The summed E-state index contributed by atoms with van der Waals surface area (Å²) in [7, 11) is 0. The van der Waals surface area contributed by atoms with Crippen LogP contribution in [0.5, 0.6) is 0 Å². The number of hydrogen-bond donors (Lipinski definition) is 3. The first-order valence-electron chi connectivity index (χ1n) is 13.7. The van der Waals surface area contributed by atoms with Crippen molar-refractivity contribution in [3.05, 3.63) is 94.9 Å². The van der Waals surface area contributed by atoms with Gasteiger partial charge in [-0.2, -0.15) is 0 Å². The molecule has 206 valence electrons. The zero-order valence-electron chi connectivity index (χ0n) is 23.9. The number of carbonyl (C=O) groups is 1. The molecule has 2 aliphatic rings. The first-order chi connectivity index (χ1) is 18.8. The van der Waals surface area contributed by atoms with Gasteiger partial charge in [0, 0.05) is 10.9 Å². The van der Waals surface area contributed by atoms with Crippen molar-refractivity contribution in [2.75, 3.05) is 5.32 Å². The molecule has 6 heteroatoms. The lowest BCUT2D eigenvalue weighted by molar-refractivity contribution is -0.730. The van der Waals surface area contributed by atoms with Gasteiger partial charge < -0.3 is 5.32 Å². The first kappa shape index (κ1) is 30.0. The monoisotopic (exact) mass is 544 g/mol. The van der Waals surface area contributed by atoms with Crippen LogP contribution in [0.2, 0.25) is 0 Å². The summed E-state index contributed by atoms with van der Waals surface area (Å²) < 4.78 is 0. The lowest BCUT2D eigenvalue weighted by Gasteiger charge is -2.50. The van der Waals surface area contributed by atoms with Gasteiger partial charge in [-0.3, -0.25) is 10.0 Å². The van der Waals surface area contributed by atoms with E-state index in [1.807, 2.05) is 19.2 Å². The zero-order chi connectivity index (χ0) is 28.6. The number of aryl methyl sites for hydroxylation is 2. The highest BCUT2D eigenvalue weighted by Gasteiger charge is 2.52. The quantitative estimate of drug-likeness (QED) is 0.193. The predicted molar refractivity (Wildman–Crippen MR) is 163 cm³/mol. The average molecular weight is 545 g/mol. The van der Waals surface area contributed by atoms with Crippen molar-refractivity contribution in [1.29, 1.82) is 0 Å². The second-order valence-corrected chi connectivity index (χ2v) is 11.2. The third-order valence-electron chi connectivity index (χ3n) is 8.09. The van der Waals surface area contributed by atoms with Crippen LogP contribution in [0.25, 0.3) is 11.3 Å². The molecule has 5 rings (SSSR count). The Morgan fingerprint density at radius 3 is 2.33 bits per heavy atom. The van der Waals surface area contributed by atoms with Crippen molar-refractivity contribution in [1.82, 2.24) is 4.98 Å². The molecule has 0 spiro atoms. The predicted octanol–water partition coefficient (Wildman–Crippen LogP) is 6.74. The van der Waals surface area contributed by atoms with Gasteiger partial charge in [0.25, 0.3) is 0 Å². The maximum absolute atomic E-state index is 13.8. The molecule has 1 fully saturated rings. The number of allylic oxidation sites excluding steroid dienone is 4. The second-order valence-electron chi connectivity index (χ2n) is 10.3. The number of aromatic nitrogens is 1. The molecule has 0 saturated heterocycles. The van der Waals surface area contributed by atoms with Crippen LogP contribution < -0.4 is 10.5 Å². The fraction of sp³-hybridized carbons (Fsp3) is 0.364. The lowest BCUT2D eigenvalue weighted by Crippen LogP contribution is -2.60. The molecule has 1 saturated carbocycles. The summed E-state index contributed by atoms with van der Waals surface area (Å²) in [6.45, 7) is 15.4. The van der Waals surface area contributed by atoms with Crippen LogP contribution in [-0.4, -0.2) is 22.8 Å². The maximum Gasteiger partial charge on any atom is 0.232 e. The molecule has 1 aromatic heterocycles. The molecule has 39 heavy (non-hydrogen) atoms. The van der Waals surface area contributed by atoms with Gasteiger partial charge in [0.1, 0.15) is 0 Å². The molecular formula is C33H42N3O2S+. The average Bonchev–Trinajstić information content (AvgIpc) is 3.41. The van der Waals surface area contributed by atoms with Crippen molar-refractivity contribution < 1.29 is 15.2 Å². The zero-order valence-corrected chi connectivity index (χ0v) is 24.8. The van der Waals surface area contributed by atoms with Crippen molar-refractivity contribution in [2.24, 2.45) is 23.2 Å². The number of rotatable bonds is 4. The van der Waals surface area contributed by atoms with Crippen LogP contribution in [-0.2, 0) is 4.79 Å². The van der Waals surface area contributed by atoms with E-state index in [2.05, 4.69) is 113 Å². The largest absolute Gasteiger partial charge is 0.301 e. The summed E-state index contributed by atoms with van der Waals surface area (Å²) in [5, 5.41) is 14.6. The molecular weight excluding hydrogens is 502 g/mol. The van der Waals surface area contributed by atoms with E-state index >= 15 is 0 Å². The molecule has 1 amide bonds. The highest BCUT2D eigenvalue weighted by Crippen LogP contribution is 2.55. The van der Waals surface area contributed by atoms with Gasteiger partial charge >= 0.3 is 0 Å². The Kier molecular flexibility index (Phi) is 10.4. The molecule has 1 heterocycles. The summed E-state index contributed by atoms with van der Waals surface area (Å²) in [5.74, 6) is 1.34. The fourth-order valence-corrected chi connectivity index (χ4v) is 6.51. The Morgan fingerprint density at radius 1 is 1.08 bits per heavy atom. The summed E-state index contributed by atoms with van der Waals surface area (Å²) in [5.41, 5.74) is 5.36. The van der Waals surface area contributed by atoms with Crippen molar-refractivity contribution in [2.45, 2.75) is 53.9 Å². The standard InChI is InChI=1S/C30H32N2OS.C2H6.CH3NO/c1-19-13-15-22(16-14-19)27-18-34-29(31-27)32-28(33)30(4)17-26(23-10-6-5-9-20(23)2)25-12-8-7-11-24(25)21(30)3;1-2;1-2-3/h5-16,18,21,24-26H,17H2,1-4H3,(H,31,32,33);1-2H3;3H,1H2/p+1. The van der Waals surface area contributed by atoms with Gasteiger partial charge in [-0.25, -0.2) is 4.98 Å². The third kappa shape index (κ3) is 6.56. The Labute approximate surface area is 237 Å². The van der Waals surface area contributed by atoms with E-state index in [0.29, 0.717) is 22.9 Å². The van der Waals surface area contributed by atoms with Crippen LogP contribution >= 0.6 is 11.3 Å². The molecule has 0 bridgehead atoms. The van der Waals surface area contributed by atoms with E-state index in [1.54, 1.807) is 0 Å². The van der Waals surface area contributed by atoms with Crippen LogP contribution in [0.4, 0.5) is 5.13 Å². The minimum atomic E-state index is -0.501. The summed E-state index contributed by atoms with van der Waals surface area (Å²) >= 11 is 1.50. The molecule has 5 nitrogen and oxygen atoms in total. The highest BCUT2D eigenvalue weighted by molar-refractivity contribution is 7.14. The number of anilines is 1. The van der Waals surface area contributed by atoms with Crippen LogP contribution in [0.3, 0.4) is 0 Å². The van der Waals surface area contributed by atoms with Gasteiger partial charge in [-0.05, 0) is 55.1 Å². The first-order valence-corrected chi connectivity index (χ1v) is 14.6. The second kappa shape index (κ2) is 13.5. The molecule has 3 aromatic rings. The minimum absolute atomic E-state index is 0.0739. The van der Waals surface area contributed by atoms with E-state index < -0.39 is 5.41 Å². The molecule has 0 aliphatic heterocycles. The Balaban J connectivity index is 0.000000787. The van der Waals surface area contributed by atoms with Crippen molar-refractivity contribution in [3.63, 3.8) is 0 Å².